The van der Waals surface area contributed by atoms with Gasteiger partial charge in [0.05, 0.1) is 18.3 Å². The number of ether oxygens (including phenoxy) is 2. The first-order valence-corrected chi connectivity index (χ1v) is 6.61. The number of nitrogens with zero attached hydrogens (tertiary/aromatic N) is 4. The summed E-state index contributed by atoms with van der Waals surface area (Å²) in [5.74, 6) is 0.582. The summed E-state index contributed by atoms with van der Waals surface area (Å²) in [4.78, 5) is 10.8. The largest absolute Gasteiger partial charge is 0.382 e. The molecule has 0 N–H and O–H groups in total. The molecule has 6 nitrogen and oxygen atoms in total. The second kappa shape index (κ2) is 5.73. The number of aryl methyl sites for hydroxylation is 1. The minimum absolute atomic E-state index is 0.0293. The maximum Gasteiger partial charge on any atom is 0.227 e. The minimum Gasteiger partial charge on any atom is -0.382 e. The fraction of sp³-hybridized carbons (Fsp3) is 0.643. The molecule has 0 aromatic carbocycles. The van der Waals surface area contributed by atoms with Crippen molar-refractivity contribution in [3.63, 3.8) is 0 Å². The summed E-state index contributed by atoms with van der Waals surface area (Å²) in [6, 6.07) is 3.75. The Hall–Kier alpha value is -1.71. The molecule has 1 aliphatic rings. The van der Waals surface area contributed by atoms with Crippen molar-refractivity contribution in [3.8, 4) is 6.07 Å². The molecule has 20 heavy (non-hydrogen) atoms. The van der Waals surface area contributed by atoms with E-state index in [0.717, 1.165) is 5.69 Å². The van der Waals surface area contributed by atoms with Gasteiger partial charge in [-0.25, -0.2) is 9.97 Å². The molecular weight excluding hydrogens is 256 g/mol. The van der Waals surface area contributed by atoms with Crippen LogP contribution in [0.1, 0.15) is 25.2 Å². The SMILES string of the molecule is COC[C@H]1CN(c2nc(C)cc(C#N)n2)CC(C)(C)O1. The molecule has 0 radical (unpaired) electrons. The summed E-state index contributed by atoms with van der Waals surface area (Å²) in [5, 5.41) is 9.02. The molecule has 0 spiro atoms. The van der Waals surface area contributed by atoms with Crippen LogP contribution in [0.2, 0.25) is 0 Å². The summed E-state index contributed by atoms with van der Waals surface area (Å²) in [6.45, 7) is 7.79. The van der Waals surface area contributed by atoms with Crippen molar-refractivity contribution in [1.29, 1.82) is 5.26 Å². The van der Waals surface area contributed by atoms with Gasteiger partial charge in [0.2, 0.25) is 5.95 Å². The van der Waals surface area contributed by atoms with Gasteiger partial charge in [-0.2, -0.15) is 5.26 Å². The van der Waals surface area contributed by atoms with Gasteiger partial charge in [0, 0.05) is 25.9 Å². The predicted molar refractivity (Wildman–Crippen MR) is 74.5 cm³/mol. The molecule has 1 atom stereocenters. The molecule has 108 valence electrons. The fourth-order valence-electron chi connectivity index (χ4n) is 2.47. The van der Waals surface area contributed by atoms with Crippen LogP contribution in [0.15, 0.2) is 6.07 Å². The van der Waals surface area contributed by atoms with Crippen molar-refractivity contribution in [2.45, 2.75) is 32.5 Å². The number of hydrogen-bond acceptors (Lipinski definition) is 6. The van der Waals surface area contributed by atoms with Crippen molar-refractivity contribution in [2.24, 2.45) is 0 Å². The Kier molecular flexibility index (Phi) is 4.21. The Morgan fingerprint density at radius 3 is 2.95 bits per heavy atom. The van der Waals surface area contributed by atoms with E-state index in [1.54, 1.807) is 13.2 Å². The summed E-state index contributed by atoms with van der Waals surface area (Å²) in [5.41, 5.74) is 0.876. The first-order chi connectivity index (χ1) is 9.43. The van der Waals surface area contributed by atoms with Crippen molar-refractivity contribution >= 4 is 5.95 Å². The van der Waals surface area contributed by atoms with E-state index < -0.39 is 0 Å². The van der Waals surface area contributed by atoms with Crippen LogP contribution in [0.4, 0.5) is 5.95 Å². The lowest BCUT2D eigenvalue weighted by Crippen LogP contribution is -2.54. The average molecular weight is 276 g/mol. The number of morpholine rings is 1. The molecular formula is C14H20N4O2. The minimum atomic E-state index is -0.304. The molecule has 1 aromatic rings. The van der Waals surface area contributed by atoms with E-state index in [-0.39, 0.29) is 11.7 Å². The van der Waals surface area contributed by atoms with Crippen LogP contribution >= 0.6 is 0 Å². The Labute approximate surface area is 119 Å². The molecule has 0 amide bonds. The van der Waals surface area contributed by atoms with Crippen molar-refractivity contribution in [1.82, 2.24) is 9.97 Å². The van der Waals surface area contributed by atoms with E-state index in [4.69, 9.17) is 14.7 Å². The Bertz CT molecular complexity index is 524. The van der Waals surface area contributed by atoms with Crippen LogP contribution in [0.3, 0.4) is 0 Å². The smallest absolute Gasteiger partial charge is 0.227 e. The van der Waals surface area contributed by atoms with Gasteiger partial charge in [0.15, 0.2) is 0 Å². The Morgan fingerprint density at radius 1 is 1.55 bits per heavy atom. The number of methoxy groups -OCH3 is 1. The van der Waals surface area contributed by atoms with E-state index in [1.165, 1.54) is 0 Å². The molecule has 0 bridgehead atoms. The van der Waals surface area contributed by atoms with Gasteiger partial charge in [0.1, 0.15) is 11.8 Å². The highest BCUT2D eigenvalue weighted by atomic mass is 16.5. The molecule has 1 saturated heterocycles. The van der Waals surface area contributed by atoms with Gasteiger partial charge < -0.3 is 14.4 Å². The second-order valence-electron chi connectivity index (χ2n) is 5.64. The lowest BCUT2D eigenvalue weighted by atomic mass is 10.1. The lowest BCUT2D eigenvalue weighted by Gasteiger charge is -2.42. The zero-order chi connectivity index (χ0) is 14.8. The van der Waals surface area contributed by atoms with E-state index in [2.05, 4.69) is 20.9 Å². The fourth-order valence-corrected chi connectivity index (χ4v) is 2.47. The number of hydrogen-bond donors (Lipinski definition) is 0. The Balaban J connectivity index is 2.27. The van der Waals surface area contributed by atoms with Crippen LogP contribution in [0.25, 0.3) is 0 Å². The van der Waals surface area contributed by atoms with Crippen LogP contribution in [0.5, 0.6) is 0 Å². The number of nitriles is 1. The van der Waals surface area contributed by atoms with E-state index in [9.17, 15) is 0 Å². The average Bonchev–Trinajstić information content (AvgIpc) is 2.36. The van der Waals surface area contributed by atoms with Crippen LogP contribution in [-0.4, -0.2) is 48.5 Å². The van der Waals surface area contributed by atoms with Gasteiger partial charge in [-0.3, -0.25) is 0 Å². The normalized spacial score (nSPS) is 21.6. The maximum atomic E-state index is 9.02. The number of aromatic nitrogens is 2. The quantitative estimate of drug-likeness (QED) is 0.828. The van der Waals surface area contributed by atoms with E-state index in [1.807, 2.05) is 20.8 Å². The molecule has 2 heterocycles. The lowest BCUT2D eigenvalue weighted by molar-refractivity contribution is -0.106. The van der Waals surface area contributed by atoms with Crippen molar-refractivity contribution < 1.29 is 9.47 Å². The molecule has 1 aromatic heterocycles. The number of anilines is 1. The molecule has 2 rings (SSSR count). The third-order valence-electron chi connectivity index (χ3n) is 3.07. The van der Waals surface area contributed by atoms with Gasteiger partial charge in [-0.15, -0.1) is 0 Å². The van der Waals surface area contributed by atoms with E-state index >= 15 is 0 Å². The van der Waals surface area contributed by atoms with Crippen molar-refractivity contribution in [2.75, 3.05) is 31.7 Å². The summed E-state index contributed by atoms with van der Waals surface area (Å²) in [6.07, 6.45) is -0.0293. The zero-order valence-corrected chi connectivity index (χ0v) is 12.4. The van der Waals surface area contributed by atoms with Crippen LogP contribution in [0, 0.1) is 18.3 Å². The third-order valence-corrected chi connectivity index (χ3v) is 3.07. The first kappa shape index (κ1) is 14.7. The summed E-state index contributed by atoms with van der Waals surface area (Å²) in [7, 11) is 1.66. The molecule has 0 aliphatic carbocycles. The van der Waals surface area contributed by atoms with Gasteiger partial charge in [0.25, 0.3) is 0 Å². The zero-order valence-electron chi connectivity index (χ0n) is 12.4. The standard InChI is InChI=1S/C14H20N4O2/c1-10-5-11(6-15)17-13(16-10)18-7-12(8-19-4)20-14(2,3)9-18/h5,12H,7-9H2,1-4H3/t12-/m1/s1. The van der Waals surface area contributed by atoms with Crippen molar-refractivity contribution in [3.05, 3.63) is 17.5 Å². The van der Waals surface area contributed by atoms with Crippen LogP contribution in [-0.2, 0) is 9.47 Å². The maximum absolute atomic E-state index is 9.02. The van der Waals surface area contributed by atoms with Crippen LogP contribution < -0.4 is 4.90 Å². The van der Waals surface area contributed by atoms with Gasteiger partial charge >= 0.3 is 0 Å². The second-order valence-corrected chi connectivity index (χ2v) is 5.64. The highest BCUT2D eigenvalue weighted by Gasteiger charge is 2.34. The van der Waals surface area contributed by atoms with E-state index in [0.29, 0.717) is 31.3 Å². The molecule has 6 heteroatoms. The van der Waals surface area contributed by atoms with Gasteiger partial charge in [-0.1, -0.05) is 0 Å². The monoisotopic (exact) mass is 276 g/mol. The topological polar surface area (TPSA) is 71.3 Å². The highest BCUT2D eigenvalue weighted by molar-refractivity contribution is 5.37. The predicted octanol–water partition coefficient (Wildman–Crippen LogP) is 1.29. The number of rotatable bonds is 3. The summed E-state index contributed by atoms with van der Waals surface area (Å²) < 4.78 is 11.1. The highest BCUT2D eigenvalue weighted by Crippen LogP contribution is 2.24. The summed E-state index contributed by atoms with van der Waals surface area (Å²) >= 11 is 0. The molecule has 1 fully saturated rings. The third kappa shape index (κ3) is 3.44. The Morgan fingerprint density at radius 2 is 2.30 bits per heavy atom. The molecule has 0 unspecified atom stereocenters. The first-order valence-electron chi connectivity index (χ1n) is 6.61. The van der Waals surface area contributed by atoms with Gasteiger partial charge in [-0.05, 0) is 26.8 Å². The molecule has 1 aliphatic heterocycles. The molecule has 0 saturated carbocycles.